The number of rotatable bonds is 4. The van der Waals surface area contributed by atoms with Gasteiger partial charge in [0.15, 0.2) is 5.92 Å². The van der Waals surface area contributed by atoms with E-state index >= 15 is 0 Å². The van der Waals surface area contributed by atoms with Gasteiger partial charge in [0.25, 0.3) is 11.8 Å². The average molecular weight is 435 g/mol. The summed E-state index contributed by atoms with van der Waals surface area (Å²) < 4.78 is 0. The molecule has 2 N–H and O–H groups in total. The van der Waals surface area contributed by atoms with Gasteiger partial charge in [-0.05, 0) is 41.1 Å². The molecule has 5 amide bonds. The molecule has 1 saturated heterocycles. The molecule has 3 aromatic rings. The average Bonchev–Trinajstić information content (AvgIpc) is 2.76. The number of anilines is 1. The fraction of sp³-hybridized carbons (Fsp3) is 0.0455. The Bertz CT molecular complexity index is 1230. The van der Waals surface area contributed by atoms with E-state index in [1.54, 1.807) is 12.1 Å². The number of amides is 5. The quantitative estimate of drug-likeness (QED) is 0.373. The molecule has 0 bridgehead atoms. The summed E-state index contributed by atoms with van der Waals surface area (Å²) in [5.41, 5.74) is 2.97. The van der Waals surface area contributed by atoms with E-state index in [2.05, 4.69) is 15.8 Å². The van der Waals surface area contributed by atoms with Crippen molar-refractivity contribution in [3.63, 3.8) is 0 Å². The van der Waals surface area contributed by atoms with Crippen molar-refractivity contribution in [3.05, 3.63) is 77.3 Å². The van der Waals surface area contributed by atoms with Gasteiger partial charge in [0.2, 0.25) is 5.91 Å². The predicted molar refractivity (Wildman–Crippen MR) is 116 cm³/mol. The number of fused-ring (bicyclic) bond motifs is 1. The SMILES string of the molecule is O=C(N/N=C\[C@H]1C(=O)NC(=O)N(c2ccc(Cl)cc2)C1=O)c1cccc2ccccc12. The molecule has 4 rings (SSSR count). The molecule has 1 atom stereocenters. The second-order valence-corrected chi connectivity index (χ2v) is 7.10. The number of nitrogens with one attached hydrogen (secondary N) is 2. The van der Waals surface area contributed by atoms with Gasteiger partial charge in [-0.15, -0.1) is 0 Å². The first kappa shape index (κ1) is 20.2. The highest BCUT2D eigenvalue weighted by atomic mass is 35.5. The van der Waals surface area contributed by atoms with Crippen LogP contribution in [0, 0.1) is 5.92 Å². The molecule has 9 heteroatoms. The first-order valence-electron chi connectivity index (χ1n) is 9.21. The summed E-state index contributed by atoms with van der Waals surface area (Å²) in [5.74, 6) is -3.51. The van der Waals surface area contributed by atoms with Gasteiger partial charge in [-0.1, -0.05) is 48.0 Å². The maximum absolute atomic E-state index is 12.8. The van der Waals surface area contributed by atoms with E-state index in [1.807, 2.05) is 30.3 Å². The van der Waals surface area contributed by atoms with Crippen molar-refractivity contribution in [2.45, 2.75) is 0 Å². The van der Waals surface area contributed by atoms with Gasteiger partial charge in [-0.25, -0.2) is 15.1 Å². The van der Waals surface area contributed by atoms with Crippen LogP contribution in [-0.4, -0.2) is 30.0 Å². The Kier molecular flexibility index (Phi) is 5.46. The van der Waals surface area contributed by atoms with Crippen LogP contribution in [0.2, 0.25) is 5.02 Å². The van der Waals surface area contributed by atoms with Crippen molar-refractivity contribution in [2.24, 2.45) is 11.0 Å². The molecular formula is C22H15ClN4O4. The molecule has 0 spiro atoms. The molecule has 31 heavy (non-hydrogen) atoms. The Morgan fingerprint density at radius 3 is 2.48 bits per heavy atom. The van der Waals surface area contributed by atoms with E-state index in [1.165, 1.54) is 24.3 Å². The summed E-state index contributed by atoms with van der Waals surface area (Å²) in [7, 11) is 0. The predicted octanol–water partition coefficient (Wildman–Crippen LogP) is 3.11. The van der Waals surface area contributed by atoms with Gasteiger partial charge in [0, 0.05) is 16.8 Å². The lowest BCUT2D eigenvalue weighted by atomic mass is 10.0. The van der Waals surface area contributed by atoms with Crippen molar-refractivity contribution in [1.82, 2.24) is 10.7 Å². The Morgan fingerprint density at radius 2 is 1.71 bits per heavy atom. The third-order valence-electron chi connectivity index (χ3n) is 4.71. The monoisotopic (exact) mass is 434 g/mol. The second kappa shape index (κ2) is 8.37. The van der Waals surface area contributed by atoms with Crippen LogP contribution in [-0.2, 0) is 9.59 Å². The van der Waals surface area contributed by atoms with E-state index in [9.17, 15) is 19.2 Å². The standard InChI is InChI=1S/C22H15ClN4O4/c23-14-8-10-15(11-9-14)27-21(30)18(19(28)25-22(27)31)12-24-26-20(29)17-7-3-5-13-4-1-2-6-16(13)17/h1-12,18H,(H,26,29)(H,25,28,31)/b24-12-/t18-/m0/s1. The number of hydrogen-bond donors (Lipinski definition) is 2. The molecule has 0 aliphatic carbocycles. The number of barbiturate groups is 1. The number of nitrogens with zero attached hydrogens (tertiary/aromatic N) is 2. The minimum Gasteiger partial charge on any atom is -0.276 e. The summed E-state index contributed by atoms with van der Waals surface area (Å²) in [6, 6.07) is 17.7. The van der Waals surface area contributed by atoms with Crippen molar-refractivity contribution in [2.75, 3.05) is 4.90 Å². The van der Waals surface area contributed by atoms with Gasteiger partial charge < -0.3 is 0 Å². The molecule has 154 valence electrons. The van der Waals surface area contributed by atoms with E-state index in [0.717, 1.165) is 21.9 Å². The summed E-state index contributed by atoms with van der Waals surface area (Å²) in [6.07, 6.45) is 0.996. The summed E-state index contributed by atoms with van der Waals surface area (Å²) in [6.45, 7) is 0. The number of carbonyl (C=O) groups is 4. The number of benzene rings is 3. The summed E-state index contributed by atoms with van der Waals surface area (Å²) in [4.78, 5) is 50.5. The van der Waals surface area contributed by atoms with Crippen LogP contribution >= 0.6 is 11.6 Å². The third kappa shape index (κ3) is 4.01. The van der Waals surface area contributed by atoms with Crippen LogP contribution in [0.25, 0.3) is 10.8 Å². The van der Waals surface area contributed by atoms with Gasteiger partial charge in [-0.2, -0.15) is 5.10 Å². The third-order valence-corrected chi connectivity index (χ3v) is 4.96. The lowest BCUT2D eigenvalue weighted by molar-refractivity contribution is -0.131. The number of hydrazone groups is 1. The molecule has 1 aliphatic heterocycles. The van der Waals surface area contributed by atoms with Gasteiger partial charge in [0.05, 0.1) is 5.69 Å². The normalized spacial score (nSPS) is 16.6. The maximum Gasteiger partial charge on any atom is 0.335 e. The Hall–Kier alpha value is -4.04. The largest absolute Gasteiger partial charge is 0.335 e. The molecule has 1 fully saturated rings. The van der Waals surface area contributed by atoms with Crippen molar-refractivity contribution < 1.29 is 19.2 Å². The second-order valence-electron chi connectivity index (χ2n) is 6.67. The number of halogens is 1. The molecule has 1 aliphatic rings. The lowest BCUT2D eigenvalue weighted by Crippen LogP contribution is -2.58. The summed E-state index contributed by atoms with van der Waals surface area (Å²) in [5, 5.41) is 7.94. The van der Waals surface area contributed by atoms with Crippen LogP contribution in [0.5, 0.6) is 0 Å². The molecule has 0 aromatic heterocycles. The molecule has 0 unspecified atom stereocenters. The van der Waals surface area contributed by atoms with Crippen LogP contribution in [0.15, 0.2) is 71.8 Å². The lowest BCUT2D eigenvalue weighted by Gasteiger charge is -2.28. The van der Waals surface area contributed by atoms with E-state index in [4.69, 9.17) is 11.6 Å². The van der Waals surface area contributed by atoms with Crippen LogP contribution in [0.1, 0.15) is 10.4 Å². The first-order valence-corrected chi connectivity index (χ1v) is 9.59. The van der Waals surface area contributed by atoms with Gasteiger partial charge >= 0.3 is 6.03 Å². The van der Waals surface area contributed by atoms with Crippen molar-refractivity contribution in [3.8, 4) is 0 Å². The fourth-order valence-corrected chi connectivity index (χ4v) is 3.34. The fourth-order valence-electron chi connectivity index (χ4n) is 3.21. The minimum atomic E-state index is -1.39. The number of hydrogen-bond acceptors (Lipinski definition) is 5. The van der Waals surface area contributed by atoms with Crippen LogP contribution in [0.4, 0.5) is 10.5 Å². The minimum absolute atomic E-state index is 0.248. The van der Waals surface area contributed by atoms with Crippen molar-refractivity contribution >= 4 is 58.0 Å². The Labute approximate surface area is 181 Å². The van der Waals surface area contributed by atoms with Crippen molar-refractivity contribution in [1.29, 1.82) is 0 Å². The zero-order chi connectivity index (χ0) is 22.0. The van der Waals surface area contributed by atoms with E-state index < -0.39 is 29.7 Å². The smallest absolute Gasteiger partial charge is 0.276 e. The first-order chi connectivity index (χ1) is 15.0. The van der Waals surface area contributed by atoms with E-state index in [0.29, 0.717) is 10.6 Å². The highest BCUT2D eigenvalue weighted by molar-refractivity contribution is 6.33. The van der Waals surface area contributed by atoms with Gasteiger partial charge in [-0.3, -0.25) is 19.7 Å². The zero-order valence-corrected chi connectivity index (χ0v) is 16.7. The highest BCUT2D eigenvalue weighted by Crippen LogP contribution is 2.22. The molecule has 8 nitrogen and oxygen atoms in total. The van der Waals surface area contributed by atoms with Gasteiger partial charge in [0.1, 0.15) is 0 Å². The molecule has 3 aromatic carbocycles. The molecule has 0 radical (unpaired) electrons. The topological polar surface area (TPSA) is 108 Å². The highest BCUT2D eigenvalue weighted by Gasteiger charge is 2.40. The number of imide groups is 2. The Morgan fingerprint density at radius 1 is 1.00 bits per heavy atom. The molecule has 0 saturated carbocycles. The Balaban J connectivity index is 1.53. The maximum atomic E-state index is 12.8. The van der Waals surface area contributed by atoms with Crippen LogP contribution in [0.3, 0.4) is 0 Å². The molecule has 1 heterocycles. The summed E-state index contributed by atoms with van der Waals surface area (Å²) >= 11 is 5.84. The zero-order valence-electron chi connectivity index (χ0n) is 15.9. The van der Waals surface area contributed by atoms with Crippen LogP contribution < -0.4 is 15.6 Å². The van der Waals surface area contributed by atoms with E-state index in [-0.39, 0.29) is 5.69 Å². The number of carbonyl (C=O) groups excluding carboxylic acids is 4. The molecular weight excluding hydrogens is 420 g/mol. The number of urea groups is 1.